The van der Waals surface area contributed by atoms with Crippen molar-refractivity contribution in [2.45, 2.75) is 57.0 Å². The van der Waals surface area contributed by atoms with Crippen molar-refractivity contribution in [3.63, 3.8) is 0 Å². The molecule has 0 spiro atoms. The molecule has 11 heteroatoms. The van der Waals surface area contributed by atoms with Crippen molar-refractivity contribution in [2.24, 2.45) is 5.73 Å². The van der Waals surface area contributed by atoms with E-state index in [-0.39, 0.29) is 34.9 Å². The van der Waals surface area contributed by atoms with Gasteiger partial charge < -0.3 is 10.5 Å². The van der Waals surface area contributed by atoms with Gasteiger partial charge in [0.15, 0.2) is 0 Å². The van der Waals surface area contributed by atoms with Crippen molar-refractivity contribution in [2.75, 3.05) is 11.5 Å². The van der Waals surface area contributed by atoms with Crippen LogP contribution in [0.2, 0.25) is 5.02 Å². The lowest BCUT2D eigenvalue weighted by Gasteiger charge is -2.42. The van der Waals surface area contributed by atoms with E-state index in [9.17, 15) is 31.1 Å². The Balaban J connectivity index is 2.17. The molecular weight excluding hydrogens is 486 g/mol. The number of nitrogens with zero attached hydrogens (tertiary/aromatic N) is 1. The first-order chi connectivity index (χ1) is 15.8. The minimum absolute atomic E-state index is 0.0348. The lowest BCUT2D eigenvalue weighted by molar-refractivity contribution is -0.138. The molecule has 0 radical (unpaired) electrons. The Hall–Kier alpha value is -2.46. The lowest BCUT2D eigenvalue weighted by atomic mass is 9.77. The van der Waals surface area contributed by atoms with Gasteiger partial charge in [0.1, 0.15) is 0 Å². The van der Waals surface area contributed by atoms with E-state index in [4.69, 9.17) is 22.1 Å². The summed E-state index contributed by atoms with van der Waals surface area (Å²) in [5, 5.41) is -0.194. The molecule has 1 amide bonds. The van der Waals surface area contributed by atoms with Crippen LogP contribution in [0.25, 0.3) is 0 Å². The quantitative estimate of drug-likeness (QED) is 0.441. The van der Waals surface area contributed by atoms with Crippen LogP contribution in [0.4, 0.5) is 36.8 Å². The predicted molar refractivity (Wildman–Crippen MR) is 116 cm³/mol. The Morgan fingerprint density at radius 3 is 2.29 bits per heavy atom. The number of nitrogens with two attached hydrogens (primary N) is 1. The fourth-order valence-corrected chi connectivity index (χ4v) is 4.54. The fraction of sp³-hybridized carbons (Fsp3) is 0.435. The van der Waals surface area contributed by atoms with E-state index in [1.54, 1.807) is 13.8 Å². The van der Waals surface area contributed by atoms with Gasteiger partial charge in [-0.15, -0.1) is 0 Å². The first-order valence-electron chi connectivity index (χ1n) is 10.6. The average Bonchev–Trinajstić information content (AvgIpc) is 2.75. The highest BCUT2D eigenvalue weighted by molar-refractivity contribution is 6.30. The zero-order valence-electron chi connectivity index (χ0n) is 18.3. The summed E-state index contributed by atoms with van der Waals surface area (Å²) in [4.78, 5) is 14.0. The molecule has 186 valence electrons. The summed E-state index contributed by atoms with van der Waals surface area (Å²) in [6.07, 6.45) is -9.52. The highest BCUT2D eigenvalue weighted by Gasteiger charge is 2.41. The van der Waals surface area contributed by atoms with Crippen molar-refractivity contribution in [3.8, 4) is 0 Å². The number of benzene rings is 2. The Labute approximate surface area is 197 Å². The van der Waals surface area contributed by atoms with Crippen molar-refractivity contribution in [1.29, 1.82) is 0 Å². The molecule has 2 aromatic rings. The number of carbonyl (C=O) groups excluding carboxylic acids is 1. The zero-order valence-corrected chi connectivity index (χ0v) is 19.1. The van der Waals surface area contributed by atoms with E-state index in [1.165, 1.54) is 17.0 Å². The van der Waals surface area contributed by atoms with Gasteiger partial charge in [-0.3, -0.25) is 4.90 Å². The van der Waals surface area contributed by atoms with Gasteiger partial charge in [0, 0.05) is 23.0 Å². The van der Waals surface area contributed by atoms with Crippen LogP contribution < -0.4 is 10.6 Å². The second-order valence-electron chi connectivity index (χ2n) is 8.04. The topological polar surface area (TPSA) is 55.6 Å². The SMILES string of the molecule is CCOC(=O)N1c2ccc(C(F)(F)F)cc2[C@@H](C(N)c2cc(Cl)cc(C(F)(F)F)c2)C[C@H]1CC. The molecule has 0 aliphatic carbocycles. The molecule has 1 aliphatic heterocycles. The number of ether oxygens (including phenoxy) is 1. The maximum Gasteiger partial charge on any atom is 0.416 e. The molecule has 34 heavy (non-hydrogen) atoms. The van der Waals surface area contributed by atoms with E-state index in [2.05, 4.69) is 0 Å². The van der Waals surface area contributed by atoms with Gasteiger partial charge >= 0.3 is 18.4 Å². The normalized spacial score (nSPS) is 19.5. The molecule has 1 unspecified atom stereocenters. The highest BCUT2D eigenvalue weighted by atomic mass is 35.5. The summed E-state index contributed by atoms with van der Waals surface area (Å²) in [7, 11) is 0. The molecule has 0 saturated heterocycles. The van der Waals surface area contributed by atoms with Crippen LogP contribution in [-0.4, -0.2) is 18.7 Å². The van der Waals surface area contributed by atoms with E-state index in [0.717, 1.165) is 24.3 Å². The second kappa shape index (κ2) is 9.65. The summed E-state index contributed by atoms with van der Waals surface area (Å²) in [6.45, 7) is 3.45. The molecule has 0 saturated carbocycles. The predicted octanol–water partition coefficient (Wildman–Crippen LogP) is 7.31. The van der Waals surface area contributed by atoms with Crippen LogP contribution in [0.15, 0.2) is 36.4 Å². The molecule has 0 fully saturated rings. The minimum Gasteiger partial charge on any atom is -0.449 e. The van der Waals surface area contributed by atoms with Crippen LogP contribution in [0.5, 0.6) is 0 Å². The molecule has 1 aliphatic rings. The molecular formula is C23H23ClF6N2O2. The Morgan fingerprint density at radius 1 is 1.09 bits per heavy atom. The van der Waals surface area contributed by atoms with Crippen molar-refractivity contribution < 1.29 is 35.9 Å². The monoisotopic (exact) mass is 508 g/mol. The number of carbonyl (C=O) groups is 1. The third-order valence-corrected chi connectivity index (χ3v) is 6.12. The Morgan fingerprint density at radius 2 is 1.74 bits per heavy atom. The molecule has 3 atom stereocenters. The standard InChI is InChI=1S/C23H23ClF6N2O2/c1-3-16-11-18(20(31)12-7-14(23(28,29)30)9-15(24)8-12)17-10-13(22(25,26)27)5-6-19(17)32(16)21(33)34-4-2/h5-10,16,18,20H,3-4,11,31H2,1-2H3/t16-,18+,20?/m1/s1. The molecule has 1 heterocycles. The smallest absolute Gasteiger partial charge is 0.416 e. The van der Waals surface area contributed by atoms with E-state index in [1.807, 2.05) is 0 Å². The van der Waals surface area contributed by atoms with E-state index in [0.29, 0.717) is 6.42 Å². The number of anilines is 1. The van der Waals surface area contributed by atoms with Crippen LogP contribution in [0.1, 0.15) is 60.9 Å². The van der Waals surface area contributed by atoms with Crippen LogP contribution in [0.3, 0.4) is 0 Å². The van der Waals surface area contributed by atoms with Gasteiger partial charge in [-0.1, -0.05) is 18.5 Å². The van der Waals surface area contributed by atoms with Crippen molar-refractivity contribution >= 4 is 23.4 Å². The maximum absolute atomic E-state index is 13.5. The van der Waals surface area contributed by atoms with Gasteiger partial charge in [0.05, 0.1) is 23.4 Å². The third-order valence-electron chi connectivity index (χ3n) is 5.91. The summed E-state index contributed by atoms with van der Waals surface area (Å²) >= 11 is 5.91. The summed E-state index contributed by atoms with van der Waals surface area (Å²) in [5.41, 5.74) is 4.74. The lowest BCUT2D eigenvalue weighted by Crippen LogP contribution is -2.46. The first-order valence-corrected chi connectivity index (χ1v) is 11.0. The number of hydrogen-bond acceptors (Lipinski definition) is 3. The van der Waals surface area contributed by atoms with Crippen LogP contribution >= 0.6 is 11.6 Å². The Bertz CT molecular complexity index is 1060. The van der Waals surface area contributed by atoms with Crippen LogP contribution in [0, 0.1) is 0 Å². The first kappa shape index (κ1) is 26.2. The number of amides is 1. The molecule has 0 bridgehead atoms. The average molecular weight is 509 g/mol. The third kappa shape index (κ3) is 5.27. The maximum atomic E-state index is 13.5. The number of hydrogen-bond donors (Lipinski definition) is 1. The minimum atomic E-state index is -4.68. The second-order valence-corrected chi connectivity index (χ2v) is 8.48. The number of fused-ring (bicyclic) bond motifs is 1. The number of rotatable bonds is 4. The molecule has 4 nitrogen and oxygen atoms in total. The summed E-state index contributed by atoms with van der Waals surface area (Å²) in [5.74, 6) is -0.813. The van der Waals surface area contributed by atoms with Gasteiger partial charge in [-0.05, 0) is 67.3 Å². The van der Waals surface area contributed by atoms with E-state index < -0.39 is 47.6 Å². The fourth-order valence-electron chi connectivity index (χ4n) is 4.30. The molecule has 2 aromatic carbocycles. The van der Waals surface area contributed by atoms with Gasteiger partial charge in [-0.2, -0.15) is 26.3 Å². The molecule has 0 aromatic heterocycles. The zero-order chi connectivity index (χ0) is 25.4. The Kier molecular flexibility index (Phi) is 7.43. The summed E-state index contributed by atoms with van der Waals surface area (Å²) < 4.78 is 85.5. The molecule has 2 N–H and O–H groups in total. The van der Waals surface area contributed by atoms with E-state index >= 15 is 0 Å². The number of alkyl halides is 6. The largest absolute Gasteiger partial charge is 0.449 e. The number of halogens is 7. The van der Waals surface area contributed by atoms with Gasteiger partial charge in [-0.25, -0.2) is 4.79 Å². The van der Waals surface area contributed by atoms with Crippen LogP contribution in [-0.2, 0) is 17.1 Å². The summed E-state index contributed by atoms with van der Waals surface area (Å²) in [6, 6.07) is 4.21. The molecule has 3 rings (SSSR count). The van der Waals surface area contributed by atoms with Gasteiger partial charge in [0.2, 0.25) is 0 Å². The van der Waals surface area contributed by atoms with Crippen molar-refractivity contribution in [3.05, 3.63) is 63.7 Å². The highest BCUT2D eigenvalue weighted by Crippen LogP contribution is 2.47. The van der Waals surface area contributed by atoms with Gasteiger partial charge in [0.25, 0.3) is 0 Å². The van der Waals surface area contributed by atoms with Crippen molar-refractivity contribution in [1.82, 2.24) is 0 Å².